The highest BCUT2D eigenvalue weighted by atomic mass is 32.2. The summed E-state index contributed by atoms with van der Waals surface area (Å²) in [5.41, 5.74) is 2.42. The lowest BCUT2D eigenvalue weighted by molar-refractivity contribution is -0.119. The topological polar surface area (TPSA) is 84.7 Å². The van der Waals surface area contributed by atoms with E-state index < -0.39 is 6.04 Å². The Labute approximate surface area is 194 Å². The summed E-state index contributed by atoms with van der Waals surface area (Å²) < 4.78 is 10.7. The summed E-state index contributed by atoms with van der Waals surface area (Å²) in [4.78, 5) is 33.0. The Kier molecular flexibility index (Phi) is 5.75. The van der Waals surface area contributed by atoms with Crippen molar-refractivity contribution in [2.45, 2.75) is 6.04 Å². The van der Waals surface area contributed by atoms with E-state index in [9.17, 15) is 9.59 Å². The Hall–Kier alpha value is -3.78. The lowest BCUT2D eigenvalue weighted by atomic mass is 10.0. The highest BCUT2D eigenvalue weighted by molar-refractivity contribution is 7.99. The lowest BCUT2D eigenvalue weighted by Gasteiger charge is -2.24. The van der Waals surface area contributed by atoms with E-state index in [4.69, 9.17) is 9.15 Å². The van der Waals surface area contributed by atoms with Gasteiger partial charge in [-0.25, -0.2) is 4.98 Å². The molecule has 1 aliphatic rings. The van der Waals surface area contributed by atoms with Crippen LogP contribution in [-0.4, -0.2) is 46.5 Å². The van der Waals surface area contributed by atoms with Crippen LogP contribution in [-0.2, 0) is 4.79 Å². The number of hydrogen-bond acceptors (Lipinski definition) is 6. The number of methoxy groups -OCH3 is 1. The Morgan fingerprint density at radius 2 is 1.94 bits per heavy atom. The Morgan fingerprint density at radius 1 is 1.12 bits per heavy atom. The molecule has 1 atom stereocenters. The highest BCUT2D eigenvalue weighted by Gasteiger charge is 2.36. The lowest BCUT2D eigenvalue weighted by Crippen LogP contribution is -2.44. The van der Waals surface area contributed by atoms with E-state index in [2.05, 4.69) is 10.3 Å². The van der Waals surface area contributed by atoms with Crippen LogP contribution in [0.25, 0.3) is 22.4 Å². The van der Waals surface area contributed by atoms with E-state index in [1.807, 2.05) is 30.3 Å². The van der Waals surface area contributed by atoms with E-state index >= 15 is 0 Å². The van der Waals surface area contributed by atoms with Crippen LogP contribution in [0.5, 0.6) is 5.75 Å². The van der Waals surface area contributed by atoms with Gasteiger partial charge in [0.2, 0.25) is 5.91 Å². The molecule has 0 spiro atoms. The largest absolute Gasteiger partial charge is 0.497 e. The minimum Gasteiger partial charge on any atom is -0.497 e. The number of ether oxygens (including phenoxy) is 1. The number of rotatable bonds is 5. The van der Waals surface area contributed by atoms with Crippen LogP contribution < -0.4 is 10.1 Å². The van der Waals surface area contributed by atoms with Crippen molar-refractivity contribution in [3.05, 3.63) is 78.6 Å². The summed E-state index contributed by atoms with van der Waals surface area (Å²) in [6.07, 6.45) is 1.57. The second kappa shape index (κ2) is 8.99. The summed E-state index contributed by atoms with van der Waals surface area (Å²) >= 11 is 1.56. The predicted molar refractivity (Wildman–Crippen MR) is 128 cm³/mol. The molecule has 1 N–H and O–H groups in total. The van der Waals surface area contributed by atoms with Crippen molar-refractivity contribution < 1.29 is 18.7 Å². The van der Waals surface area contributed by atoms with Gasteiger partial charge in [-0.3, -0.25) is 9.59 Å². The zero-order chi connectivity index (χ0) is 22.8. The van der Waals surface area contributed by atoms with Gasteiger partial charge in [0, 0.05) is 16.8 Å². The summed E-state index contributed by atoms with van der Waals surface area (Å²) in [7, 11) is 1.59. The molecule has 33 heavy (non-hydrogen) atoms. The SMILES string of the molecule is COc1ccc(NC(=O)C2CSCN2C(=O)c2cc(-c3ccco3)nc3ccccc23)cc1. The van der Waals surface area contributed by atoms with Crippen LogP contribution in [0.2, 0.25) is 0 Å². The second-order valence-corrected chi connectivity index (χ2v) is 8.56. The monoisotopic (exact) mass is 459 g/mol. The van der Waals surface area contributed by atoms with Crippen molar-refractivity contribution in [1.82, 2.24) is 9.88 Å². The van der Waals surface area contributed by atoms with Crippen LogP contribution >= 0.6 is 11.8 Å². The number of fused-ring (bicyclic) bond motifs is 1. The third-order valence-electron chi connectivity index (χ3n) is 5.52. The van der Waals surface area contributed by atoms with Gasteiger partial charge in [-0.2, -0.15) is 0 Å². The fourth-order valence-electron chi connectivity index (χ4n) is 3.82. The number of nitrogens with zero attached hydrogens (tertiary/aromatic N) is 2. The van der Waals surface area contributed by atoms with Gasteiger partial charge in [-0.15, -0.1) is 11.8 Å². The number of carbonyl (C=O) groups is 2. The van der Waals surface area contributed by atoms with Crippen molar-refractivity contribution in [2.75, 3.05) is 24.1 Å². The first kappa shape index (κ1) is 21.1. The van der Waals surface area contributed by atoms with Crippen molar-refractivity contribution in [3.8, 4) is 17.2 Å². The van der Waals surface area contributed by atoms with Crippen LogP contribution in [0, 0.1) is 0 Å². The minimum absolute atomic E-state index is 0.207. The molecule has 1 fully saturated rings. The van der Waals surface area contributed by atoms with E-state index in [-0.39, 0.29) is 11.8 Å². The van der Waals surface area contributed by atoms with Gasteiger partial charge in [0.05, 0.1) is 30.3 Å². The zero-order valence-electron chi connectivity index (χ0n) is 17.9. The molecule has 2 aromatic heterocycles. The van der Waals surface area contributed by atoms with Gasteiger partial charge < -0.3 is 19.4 Å². The van der Waals surface area contributed by atoms with Crippen LogP contribution in [0.1, 0.15) is 10.4 Å². The first-order valence-electron chi connectivity index (χ1n) is 10.4. The molecule has 8 heteroatoms. The number of aromatic nitrogens is 1. The molecule has 1 saturated heterocycles. The fraction of sp³-hybridized carbons (Fsp3) is 0.160. The molecule has 0 saturated carbocycles. The van der Waals surface area contributed by atoms with Gasteiger partial charge in [0.25, 0.3) is 5.91 Å². The molecule has 5 rings (SSSR count). The van der Waals surface area contributed by atoms with Crippen molar-refractivity contribution >= 4 is 40.2 Å². The molecule has 4 aromatic rings. The average molecular weight is 460 g/mol. The van der Waals surface area contributed by atoms with E-state index in [0.717, 1.165) is 5.39 Å². The number of amides is 2. The predicted octanol–water partition coefficient (Wildman–Crippen LogP) is 4.66. The minimum atomic E-state index is -0.580. The number of pyridine rings is 1. The third kappa shape index (κ3) is 4.17. The van der Waals surface area contributed by atoms with E-state index in [1.165, 1.54) is 0 Å². The van der Waals surface area contributed by atoms with Gasteiger partial charge >= 0.3 is 0 Å². The van der Waals surface area contributed by atoms with E-state index in [1.54, 1.807) is 66.4 Å². The molecule has 2 aromatic carbocycles. The smallest absolute Gasteiger partial charge is 0.256 e. The first-order valence-corrected chi connectivity index (χ1v) is 11.6. The normalized spacial score (nSPS) is 15.5. The molecule has 0 radical (unpaired) electrons. The number of nitrogens with one attached hydrogen (secondary N) is 1. The Morgan fingerprint density at radius 3 is 2.70 bits per heavy atom. The third-order valence-corrected chi connectivity index (χ3v) is 6.54. The molecule has 7 nitrogen and oxygen atoms in total. The summed E-state index contributed by atoms with van der Waals surface area (Å²) in [6.45, 7) is 0. The number of benzene rings is 2. The van der Waals surface area contributed by atoms with Crippen LogP contribution in [0.15, 0.2) is 77.4 Å². The maximum absolute atomic E-state index is 13.7. The fourth-order valence-corrected chi connectivity index (χ4v) is 4.97. The van der Waals surface area contributed by atoms with Gasteiger partial charge in [-0.05, 0) is 48.5 Å². The highest BCUT2D eigenvalue weighted by Crippen LogP contribution is 2.30. The molecule has 0 aliphatic carbocycles. The number of hydrogen-bond donors (Lipinski definition) is 1. The second-order valence-electron chi connectivity index (χ2n) is 7.56. The molecule has 166 valence electrons. The molecule has 1 aliphatic heterocycles. The molecular weight excluding hydrogens is 438 g/mol. The molecule has 3 heterocycles. The van der Waals surface area contributed by atoms with Gasteiger partial charge in [0.15, 0.2) is 5.76 Å². The average Bonchev–Trinajstić information content (AvgIpc) is 3.56. The maximum atomic E-state index is 13.7. The molecule has 2 amide bonds. The van der Waals surface area contributed by atoms with Crippen molar-refractivity contribution in [1.29, 1.82) is 0 Å². The first-order chi connectivity index (χ1) is 16.1. The summed E-state index contributed by atoms with van der Waals surface area (Å²) in [5, 5.41) is 3.65. The molecular formula is C25H21N3O4S. The van der Waals surface area contributed by atoms with Crippen LogP contribution in [0.4, 0.5) is 5.69 Å². The molecule has 0 bridgehead atoms. The Balaban J connectivity index is 1.45. The number of para-hydroxylation sites is 1. The maximum Gasteiger partial charge on any atom is 0.256 e. The zero-order valence-corrected chi connectivity index (χ0v) is 18.7. The summed E-state index contributed by atoms with van der Waals surface area (Å²) in [6, 6.07) is 19.4. The number of furan rings is 1. The van der Waals surface area contributed by atoms with E-state index in [0.29, 0.717) is 45.6 Å². The van der Waals surface area contributed by atoms with Crippen molar-refractivity contribution in [3.63, 3.8) is 0 Å². The molecule has 1 unspecified atom stereocenters. The standard InChI is InChI=1S/C25H21N3O4S/c1-31-17-10-8-16(9-11-17)26-24(29)22-14-33-15-28(22)25(30)19-13-21(23-7-4-12-32-23)27-20-6-3-2-5-18(19)20/h2-13,22H,14-15H2,1H3,(H,26,29). The number of carbonyl (C=O) groups excluding carboxylic acids is 2. The van der Waals surface area contributed by atoms with Crippen LogP contribution in [0.3, 0.4) is 0 Å². The van der Waals surface area contributed by atoms with Gasteiger partial charge in [-0.1, -0.05) is 18.2 Å². The number of anilines is 1. The quantitative estimate of drug-likeness (QED) is 0.467. The summed E-state index contributed by atoms with van der Waals surface area (Å²) in [5.74, 6) is 1.83. The Bertz CT molecular complexity index is 1310. The number of thioether (sulfide) groups is 1. The van der Waals surface area contributed by atoms with Crippen molar-refractivity contribution in [2.24, 2.45) is 0 Å². The van der Waals surface area contributed by atoms with Gasteiger partial charge in [0.1, 0.15) is 17.5 Å².